The molecule has 4 heterocycles. The maximum Gasteiger partial charge on any atom is 0.296 e. The molecule has 220 valence electrons. The van der Waals surface area contributed by atoms with E-state index in [9.17, 15) is 14.0 Å². The lowest BCUT2D eigenvalue weighted by Crippen LogP contribution is -2.56. The number of benzene rings is 2. The van der Waals surface area contributed by atoms with Crippen molar-refractivity contribution in [2.75, 3.05) is 69.8 Å². The van der Waals surface area contributed by atoms with Crippen LogP contribution >= 0.6 is 0 Å². The number of methoxy groups -OCH3 is 1. The molecule has 3 aliphatic rings. The van der Waals surface area contributed by atoms with Crippen molar-refractivity contribution in [1.29, 1.82) is 5.26 Å². The van der Waals surface area contributed by atoms with Gasteiger partial charge in [0.2, 0.25) is 5.95 Å². The molecule has 0 aliphatic carbocycles. The molecule has 1 unspecified atom stereocenters. The van der Waals surface area contributed by atoms with Gasteiger partial charge in [-0.15, -0.1) is 0 Å². The van der Waals surface area contributed by atoms with Crippen LogP contribution in [0.5, 0.6) is 11.5 Å². The highest BCUT2D eigenvalue weighted by Gasteiger charge is 2.43. The third-order valence-corrected chi connectivity index (χ3v) is 7.96. The molecule has 12 heteroatoms. The van der Waals surface area contributed by atoms with Gasteiger partial charge in [0.1, 0.15) is 17.6 Å². The molecule has 3 saturated heterocycles. The summed E-state index contributed by atoms with van der Waals surface area (Å²) in [6, 6.07) is 15.1. The van der Waals surface area contributed by atoms with Crippen LogP contribution in [-0.2, 0) is 4.74 Å². The van der Waals surface area contributed by atoms with Gasteiger partial charge in [-0.25, -0.2) is 18.7 Å². The van der Waals surface area contributed by atoms with Gasteiger partial charge in [0.25, 0.3) is 5.92 Å². The largest absolute Gasteiger partial charge is 0.495 e. The number of nitrogens with one attached hydrogen (secondary N) is 2. The van der Waals surface area contributed by atoms with E-state index in [0.717, 1.165) is 56.5 Å². The van der Waals surface area contributed by atoms with E-state index >= 15 is 0 Å². The molecule has 3 fully saturated rings. The van der Waals surface area contributed by atoms with Crippen LogP contribution in [0.2, 0.25) is 0 Å². The number of piperazine rings is 1. The average Bonchev–Trinajstić information content (AvgIpc) is 2.98. The van der Waals surface area contributed by atoms with E-state index in [4.69, 9.17) is 14.2 Å². The van der Waals surface area contributed by atoms with Gasteiger partial charge in [0, 0.05) is 56.1 Å². The minimum Gasteiger partial charge on any atom is -0.495 e. The number of nitriles is 1. The molecule has 42 heavy (non-hydrogen) atoms. The molecule has 0 amide bonds. The van der Waals surface area contributed by atoms with Gasteiger partial charge in [-0.05, 0) is 42.9 Å². The second-order valence-electron chi connectivity index (χ2n) is 10.6. The Morgan fingerprint density at radius 2 is 1.93 bits per heavy atom. The van der Waals surface area contributed by atoms with Crippen molar-refractivity contribution in [3.05, 3.63) is 54.2 Å². The number of alkyl halides is 2. The fourth-order valence-electron chi connectivity index (χ4n) is 5.48. The van der Waals surface area contributed by atoms with Crippen molar-refractivity contribution in [2.24, 2.45) is 0 Å². The van der Waals surface area contributed by atoms with E-state index < -0.39 is 18.6 Å². The molecular formula is C30H33F2N7O3. The quantitative estimate of drug-likeness (QED) is 0.412. The van der Waals surface area contributed by atoms with Gasteiger partial charge in [0.15, 0.2) is 6.10 Å². The van der Waals surface area contributed by atoms with Crippen molar-refractivity contribution < 1.29 is 23.0 Å². The molecule has 0 spiro atoms. The van der Waals surface area contributed by atoms with Gasteiger partial charge in [-0.1, -0.05) is 0 Å². The molecule has 3 aliphatic heterocycles. The summed E-state index contributed by atoms with van der Waals surface area (Å²) in [6.45, 7) is 5.44. The Morgan fingerprint density at radius 3 is 2.64 bits per heavy atom. The van der Waals surface area contributed by atoms with Crippen molar-refractivity contribution in [3.63, 3.8) is 0 Å². The minimum atomic E-state index is -3.02. The highest BCUT2D eigenvalue weighted by Crippen LogP contribution is 2.34. The van der Waals surface area contributed by atoms with E-state index in [1.165, 1.54) is 0 Å². The third-order valence-electron chi connectivity index (χ3n) is 7.96. The fraction of sp³-hybridized carbons (Fsp3) is 0.433. The van der Waals surface area contributed by atoms with Gasteiger partial charge in [-0.3, -0.25) is 4.90 Å². The molecular weight excluding hydrogens is 544 g/mol. The Bertz CT molecular complexity index is 1460. The van der Waals surface area contributed by atoms with E-state index in [2.05, 4.69) is 36.5 Å². The first-order valence-electron chi connectivity index (χ1n) is 14.1. The van der Waals surface area contributed by atoms with E-state index in [1.54, 1.807) is 37.6 Å². The summed E-state index contributed by atoms with van der Waals surface area (Å²) in [5.74, 6) is -1.76. The first-order chi connectivity index (χ1) is 20.4. The summed E-state index contributed by atoms with van der Waals surface area (Å²) in [7, 11) is 1.66. The van der Waals surface area contributed by atoms with Crippen LogP contribution in [0.25, 0.3) is 11.3 Å². The lowest BCUT2D eigenvalue weighted by molar-refractivity contribution is -0.109. The van der Waals surface area contributed by atoms with E-state index in [1.807, 2.05) is 18.2 Å². The number of hydrogen-bond donors (Lipinski definition) is 2. The Hall–Kier alpha value is -4.05. The van der Waals surface area contributed by atoms with Crippen LogP contribution in [-0.4, -0.2) is 92.5 Å². The fourth-order valence-corrected chi connectivity index (χ4v) is 5.48. The zero-order chi connectivity index (χ0) is 29.1. The second-order valence-corrected chi connectivity index (χ2v) is 10.6. The van der Waals surface area contributed by atoms with Crippen molar-refractivity contribution in [2.45, 2.75) is 24.5 Å². The van der Waals surface area contributed by atoms with Gasteiger partial charge in [-0.2, -0.15) is 5.26 Å². The topological polar surface area (TPSA) is 108 Å². The zero-order valence-electron chi connectivity index (χ0n) is 23.4. The molecule has 0 saturated carbocycles. The number of rotatable bonds is 8. The van der Waals surface area contributed by atoms with Crippen LogP contribution in [0.1, 0.15) is 12.0 Å². The normalized spacial score (nSPS) is 20.8. The molecule has 1 atom stereocenters. The molecule has 2 N–H and O–H groups in total. The maximum atomic E-state index is 14.3. The van der Waals surface area contributed by atoms with Crippen LogP contribution in [0.3, 0.4) is 0 Å². The lowest BCUT2D eigenvalue weighted by atomic mass is 10.0. The Labute approximate surface area is 243 Å². The Morgan fingerprint density at radius 1 is 1.10 bits per heavy atom. The Kier molecular flexibility index (Phi) is 8.06. The first kappa shape index (κ1) is 28.1. The number of aromatic nitrogens is 2. The van der Waals surface area contributed by atoms with Gasteiger partial charge >= 0.3 is 0 Å². The molecule has 1 aromatic heterocycles. The lowest BCUT2D eigenvalue weighted by Gasteiger charge is -2.43. The summed E-state index contributed by atoms with van der Waals surface area (Å²) in [5.41, 5.74) is 3.18. The molecule has 3 aromatic rings. The third kappa shape index (κ3) is 5.94. The van der Waals surface area contributed by atoms with Crippen LogP contribution < -0.4 is 25.0 Å². The Balaban J connectivity index is 1.15. The highest BCUT2D eigenvalue weighted by molar-refractivity contribution is 5.69. The van der Waals surface area contributed by atoms with Crippen LogP contribution in [0, 0.1) is 11.3 Å². The summed E-state index contributed by atoms with van der Waals surface area (Å²) < 4.78 is 45.2. The maximum absolute atomic E-state index is 14.3. The minimum absolute atomic E-state index is 0.130. The standard InChI is InChI=1S/C30H33F2N7O3/c1-40-27-15-22(3-4-25(27)39-12-10-38(11-13-39)23-17-41-18-23)36-29-35-9-6-24(37-29)20-2-5-26(21(14-20)16-33)42-28-7-8-34-19-30(28,31)32/h2-6,9,14-15,23,28,34H,7-8,10-13,17-19H2,1H3,(H,35,36,37). The number of halogens is 2. The molecule has 2 aromatic carbocycles. The SMILES string of the molecule is COc1cc(Nc2nccc(-c3ccc(OC4CCNCC4(F)F)c(C#N)c3)n2)ccc1N1CCN(C2COC2)CC1. The molecule has 10 nitrogen and oxygen atoms in total. The predicted molar refractivity (Wildman–Crippen MR) is 154 cm³/mol. The van der Waals surface area contributed by atoms with E-state index in [0.29, 0.717) is 29.8 Å². The molecule has 0 bridgehead atoms. The van der Waals surface area contributed by atoms with Gasteiger partial charge < -0.3 is 29.7 Å². The highest BCUT2D eigenvalue weighted by atomic mass is 19.3. The summed E-state index contributed by atoms with van der Waals surface area (Å²) in [5, 5.41) is 15.6. The number of piperidine rings is 1. The van der Waals surface area contributed by atoms with Crippen molar-refractivity contribution in [1.82, 2.24) is 20.2 Å². The molecule has 0 radical (unpaired) electrons. The second kappa shape index (κ2) is 12.1. The summed E-state index contributed by atoms with van der Waals surface area (Å²) in [6.07, 6.45) is 0.482. The number of anilines is 3. The number of hydrogen-bond acceptors (Lipinski definition) is 10. The molecule has 6 rings (SSSR count). The first-order valence-corrected chi connectivity index (χ1v) is 14.1. The van der Waals surface area contributed by atoms with Crippen LogP contribution in [0.4, 0.5) is 26.1 Å². The number of nitrogens with zero attached hydrogens (tertiary/aromatic N) is 5. The monoisotopic (exact) mass is 577 g/mol. The smallest absolute Gasteiger partial charge is 0.296 e. The number of ether oxygens (including phenoxy) is 3. The van der Waals surface area contributed by atoms with Gasteiger partial charge in [0.05, 0.1) is 49.9 Å². The average molecular weight is 578 g/mol. The summed E-state index contributed by atoms with van der Waals surface area (Å²) >= 11 is 0. The zero-order valence-corrected chi connectivity index (χ0v) is 23.4. The van der Waals surface area contributed by atoms with Crippen molar-refractivity contribution in [3.8, 4) is 28.8 Å². The summed E-state index contributed by atoms with van der Waals surface area (Å²) in [4.78, 5) is 13.8. The van der Waals surface area contributed by atoms with E-state index in [-0.39, 0.29) is 17.7 Å². The van der Waals surface area contributed by atoms with Crippen molar-refractivity contribution >= 4 is 17.3 Å². The van der Waals surface area contributed by atoms with Crippen LogP contribution in [0.15, 0.2) is 48.7 Å². The predicted octanol–water partition coefficient (Wildman–Crippen LogP) is 3.66.